The van der Waals surface area contributed by atoms with Crippen LogP contribution in [0.25, 0.3) is 11.5 Å². The molecule has 0 aliphatic heterocycles. The van der Waals surface area contributed by atoms with Crippen LogP contribution in [0.2, 0.25) is 0 Å². The molecule has 0 fully saturated rings. The topological polar surface area (TPSA) is 62.5 Å². The maximum atomic E-state index is 5.57. The molecule has 0 radical (unpaired) electrons. The fraction of sp³-hybridized carbons (Fsp3) is 0.444. The van der Waals surface area contributed by atoms with Gasteiger partial charge in [-0.1, -0.05) is 31.5 Å². The minimum absolute atomic E-state index is 0.584. The Morgan fingerprint density at radius 3 is 2.61 bits per heavy atom. The van der Waals surface area contributed by atoms with Crippen LogP contribution in [0.3, 0.4) is 0 Å². The summed E-state index contributed by atoms with van der Waals surface area (Å²) in [6, 6.07) is 8.18. The molecule has 2 aromatic rings. The van der Waals surface area contributed by atoms with E-state index < -0.39 is 0 Å². The van der Waals surface area contributed by atoms with Gasteiger partial charge in [0.1, 0.15) is 6.26 Å². The van der Waals surface area contributed by atoms with E-state index in [2.05, 4.69) is 53.5 Å². The zero-order chi connectivity index (χ0) is 16.7. The van der Waals surface area contributed by atoms with Crippen LogP contribution in [0.4, 0.5) is 0 Å². The van der Waals surface area contributed by atoms with Gasteiger partial charge in [0.25, 0.3) is 0 Å². The van der Waals surface area contributed by atoms with Crippen molar-refractivity contribution in [1.29, 1.82) is 0 Å². The lowest BCUT2D eigenvalue weighted by molar-refractivity contribution is 0.572. The van der Waals surface area contributed by atoms with Crippen LogP contribution in [0.5, 0.6) is 0 Å². The third-order valence-electron chi connectivity index (χ3n) is 3.43. The number of rotatable bonds is 6. The smallest absolute Gasteiger partial charge is 0.226 e. The van der Waals surface area contributed by atoms with Crippen molar-refractivity contribution < 1.29 is 4.42 Å². The lowest BCUT2D eigenvalue weighted by Gasteiger charge is -2.12. The van der Waals surface area contributed by atoms with Gasteiger partial charge in [0.2, 0.25) is 5.89 Å². The molecule has 5 nitrogen and oxygen atoms in total. The lowest BCUT2D eigenvalue weighted by atomic mass is 10.1. The molecule has 2 N–H and O–H groups in total. The Labute approximate surface area is 138 Å². The zero-order valence-electron chi connectivity index (χ0n) is 14.4. The Hall–Kier alpha value is -2.30. The molecular weight excluding hydrogens is 288 g/mol. The predicted octanol–water partition coefficient (Wildman–Crippen LogP) is 3.01. The summed E-state index contributed by atoms with van der Waals surface area (Å²) in [4.78, 5) is 8.74. The monoisotopic (exact) mass is 314 g/mol. The Kier molecular flexibility index (Phi) is 6.20. The summed E-state index contributed by atoms with van der Waals surface area (Å²) in [5.41, 5.74) is 3.17. The van der Waals surface area contributed by atoms with E-state index >= 15 is 0 Å². The molecule has 0 aliphatic carbocycles. The van der Waals surface area contributed by atoms with Crippen molar-refractivity contribution in [2.45, 2.75) is 27.2 Å². The van der Waals surface area contributed by atoms with E-state index in [-0.39, 0.29) is 0 Å². The first-order chi connectivity index (χ1) is 11.1. The Balaban J connectivity index is 1.84. The van der Waals surface area contributed by atoms with Crippen molar-refractivity contribution in [3.05, 3.63) is 41.8 Å². The number of nitrogens with zero attached hydrogens (tertiary/aromatic N) is 2. The van der Waals surface area contributed by atoms with E-state index in [1.807, 2.05) is 12.1 Å². The molecule has 1 aromatic carbocycles. The highest BCUT2D eigenvalue weighted by molar-refractivity contribution is 5.79. The highest BCUT2D eigenvalue weighted by atomic mass is 16.3. The summed E-state index contributed by atoms with van der Waals surface area (Å²) in [6.45, 7) is 8.07. The zero-order valence-corrected chi connectivity index (χ0v) is 14.4. The first-order valence-corrected chi connectivity index (χ1v) is 8.04. The highest BCUT2D eigenvalue weighted by Gasteiger charge is 2.07. The molecule has 124 valence electrons. The van der Waals surface area contributed by atoms with Crippen LogP contribution < -0.4 is 10.6 Å². The second-order valence-corrected chi connectivity index (χ2v) is 6.03. The number of oxazole rings is 1. The fourth-order valence-electron chi connectivity index (χ4n) is 2.08. The Morgan fingerprint density at radius 2 is 1.96 bits per heavy atom. The van der Waals surface area contributed by atoms with Gasteiger partial charge in [0.05, 0.1) is 5.69 Å². The molecule has 0 bridgehead atoms. The second-order valence-electron chi connectivity index (χ2n) is 6.03. The van der Waals surface area contributed by atoms with Gasteiger partial charge in [0, 0.05) is 32.1 Å². The molecule has 23 heavy (non-hydrogen) atoms. The molecular formula is C18H26N4O. The van der Waals surface area contributed by atoms with E-state index in [1.165, 1.54) is 5.56 Å². The van der Waals surface area contributed by atoms with Gasteiger partial charge in [-0.3, -0.25) is 4.99 Å². The fourth-order valence-corrected chi connectivity index (χ4v) is 2.08. The summed E-state index contributed by atoms with van der Waals surface area (Å²) < 4.78 is 5.57. The SMILES string of the molecule is CN=C(NCCc1coc(-c2ccc(C)cc2)n1)NCC(C)C. The van der Waals surface area contributed by atoms with Crippen molar-refractivity contribution in [1.82, 2.24) is 15.6 Å². The first kappa shape index (κ1) is 17.1. The van der Waals surface area contributed by atoms with E-state index in [1.54, 1.807) is 13.3 Å². The van der Waals surface area contributed by atoms with Gasteiger partial charge in [0.15, 0.2) is 5.96 Å². The third kappa shape index (κ3) is 5.43. The third-order valence-corrected chi connectivity index (χ3v) is 3.43. The van der Waals surface area contributed by atoms with Crippen molar-refractivity contribution >= 4 is 5.96 Å². The quantitative estimate of drug-likeness (QED) is 0.635. The van der Waals surface area contributed by atoms with Gasteiger partial charge in [-0.2, -0.15) is 0 Å². The molecule has 2 rings (SSSR count). The van der Waals surface area contributed by atoms with Gasteiger partial charge >= 0.3 is 0 Å². The van der Waals surface area contributed by atoms with Crippen LogP contribution in [-0.4, -0.2) is 31.1 Å². The van der Waals surface area contributed by atoms with Crippen LogP contribution in [0.1, 0.15) is 25.1 Å². The van der Waals surface area contributed by atoms with Crippen molar-refractivity contribution in [3.8, 4) is 11.5 Å². The second kappa shape index (κ2) is 8.36. The maximum absolute atomic E-state index is 5.57. The molecule has 0 unspecified atom stereocenters. The number of guanidine groups is 1. The van der Waals surface area contributed by atoms with Gasteiger partial charge in [-0.05, 0) is 25.0 Å². The van der Waals surface area contributed by atoms with Crippen LogP contribution in [0.15, 0.2) is 39.9 Å². The van der Waals surface area contributed by atoms with Gasteiger partial charge in [-0.25, -0.2) is 4.98 Å². The number of aromatic nitrogens is 1. The Morgan fingerprint density at radius 1 is 1.22 bits per heavy atom. The minimum Gasteiger partial charge on any atom is -0.444 e. The number of hydrogen-bond donors (Lipinski definition) is 2. The molecule has 0 saturated heterocycles. The molecule has 0 spiro atoms. The molecule has 1 aromatic heterocycles. The lowest BCUT2D eigenvalue weighted by Crippen LogP contribution is -2.39. The number of benzene rings is 1. The van der Waals surface area contributed by atoms with Crippen LogP contribution >= 0.6 is 0 Å². The van der Waals surface area contributed by atoms with Crippen LogP contribution in [-0.2, 0) is 6.42 Å². The van der Waals surface area contributed by atoms with Crippen molar-refractivity contribution in [3.63, 3.8) is 0 Å². The highest BCUT2D eigenvalue weighted by Crippen LogP contribution is 2.19. The predicted molar refractivity (Wildman–Crippen MR) is 94.6 cm³/mol. The largest absolute Gasteiger partial charge is 0.444 e. The normalized spacial score (nSPS) is 11.8. The Bertz CT molecular complexity index is 629. The molecule has 1 heterocycles. The van der Waals surface area contributed by atoms with E-state index in [4.69, 9.17) is 4.42 Å². The summed E-state index contributed by atoms with van der Waals surface area (Å²) in [5, 5.41) is 6.57. The average molecular weight is 314 g/mol. The van der Waals surface area contributed by atoms with Crippen molar-refractivity contribution in [2.75, 3.05) is 20.1 Å². The van der Waals surface area contributed by atoms with E-state index in [0.29, 0.717) is 11.8 Å². The molecule has 0 atom stereocenters. The van der Waals surface area contributed by atoms with Gasteiger partial charge in [-0.15, -0.1) is 0 Å². The van der Waals surface area contributed by atoms with Crippen LogP contribution in [0, 0.1) is 12.8 Å². The summed E-state index contributed by atoms with van der Waals surface area (Å²) in [5.74, 6) is 2.07. The summed E-state index contributed by atoms with van der Waals surface area (Å²) >= 11 is 0. The van der Waals surface area contributed by atoms with E-state index in [0.717, 1.165) is 36.7 Å². The van der Waals surface area contributed by atoms with Gasteiger partial charge < -0.3 is 15.1 Å². The minimum atomic E-state index is 0.584. The standard InChI is InChI=1S/C18H26N4O/c1-13(2)11-21-18(19-4)20-10-9-16-12-23-17(22-16)15-7-5-14(3)6-8-15/h5-8,12-13H,9-11H2,1-4H3,(H2,19,20,21). The maximum Gasteiger partial charge on any atom is 0.226 e. The number of nitrogens with one attached hydrogen (secondary N) is 2. The molecule has 0 amide bonds. The first-order valence-electron chi connectivity index (χ1n) is 8.04. The molecule has 0 aliphatic rings. The van der Waals surface area contributed by atoms with Crippen molar-refractivity contribution in [2.24, 2.45) is 10.9 Å². The number of hydrogen-bond acceptors (Lipinski definition) is 3. The molecule has 0 saturated carbocycles. The summed E-state index contributed by atoms with van der Waals surface area (Å²) in [7, 11) is 1.78. The number of aryl methyl sites for hydroxylation is 1. The summed E-state index contributed by atoms with van der Waals surface area (Å²) in [6.07, 6.45) is 2.51. The average Bonchev–Trinajstić information content (AvgIpc) is 3.00. The number of aliphatic imine (C=N–C) groups is 1. The van der Waals surface area contributed by atoms with E-state index in [9.17, 15) is 0 Å². The molecule has 5 heteroatoms.